The molecular formula is C31H36BrNO7. The van der Waals surface area contributed by atoms with Crippen LogP contribution in [0, 0.1) is 0 Å². The standard InChI is InChI=1S/C31H36BrNO7/c1-8-39-26-15-20(11-21(32)30(26)38-7)28-27(31(35)40-16(2)3)17(4)33-22-12-19(13-23(34)29(22)28)18-9-10-24(36-5)25(14-18)37-6/h9-11,14-16,19,28,33H,8,12-13H2,1-7H3/t19-,28+/m0/s1. The summed E-state index contributed by atoms with van der Waals surface area (Å²) < 4.78 is 28.7. The lowest BCUT2D eigenvalue weighted by atomic mass is 9.71. The van der Waals surface area contributed by atoms with Crippen molar-refractivity contribution in [3.8, 4) is 23.0 Å². The smallest absolute Gasteiger partial charge is 0.337 e. The van der Waals surface area contributed by atoms with Crippen molar-refractivity contribution in [2.24, 2.45) is 0 Å². The SMILES string of the molecule is CCOc1cc([C@@H]2C(C(=O)OC(C)C)=C(C)NC3=C2C(=O)C[C@@H](c2ccc(OC)c(OC)c2)C3)cc(Br)c1OC. The van der Waals surface area contributed by atoms with Crippen molar-refractivity contribution in [2.75, 3.05) is 27.9 Å². The Kier molecular flexibility index (Phi) is 9.13. The molecule has 2 aromatic rings. The van der Waals surface area contributed by atoms with Gasteiger partial charge in [0.1, 0.15) is 0 Å². The van der Waals surface area contributed by atoms with Crippen molar-refractivity contribution in [1.82, 2.24) is 5.32 Å². The zero-order valence-corrected chi connectivity index (χ0v) is 25.6. The first-order chi connectivity index (χ1) is 19.1. The molecule has 0 aromatic heterocycles. The van der Waals surface area contributed by atoms with E-state index in [0.717, 1.165) is 16.8 Å². The molecule has 1 heterocycles. The molecule has 1 N–H and O–H groups in total. The molecule has 2 atom stereocenters. The Bertz CT molecular complexity index is 1380. The number of esters is 1. The van der Waals surface area contributed by atoms with Crippen molar-refractivity contribution in [3.05, 3.63) is 68.5 Å². The lowest BCUT2D eigenvalue weighted by molar-refractivity contribution is -0.143. The van der Waals surface area contributed by atoms with E-state index in [1.54, 1.807) is 35.2 Å². The second kappa shape index (κ2) is 12.4. The van der Waals surface area contributed by atoms with Gasteiger partial charge in [-0.2, -0.15) is 0 Å². The van der Waals surface area contributed by atoms with Crippen LogP contribution in [0.1, 0.15) is 63.5 Å². The van der Waals surface area contributed by atoms with E-state index in [2.05, 4.69) is 21.2 Å². The maximum absolute atomic E-state index is 14.0. The number of ketones is 1. The van der Waals surface area contributed by atoms with Gasteiger partial charge in [0.15, 0.2) is 28.8 Å². The Labute approximate surface area is 243 Å². The predicted octanol–water partition coefficient (Wildman–Crippen LogP) is 6.19. The third-order valence-electron chi connectivity index (χ3n) is 7.14. The molecule has 0 saturated carbocycles. The van der Waals surface area contributed by atoms with Crippen LogP contribution in [0.3, 0.4) is 0 Å². The number of hydrogen-bond donors (Lipinski definition) is 1. The molecule has 2 aromatic carbocycles. The van der Waals surface area contributed by atoms with Crippen molar-refractivity contribution >= 4 is 27.7 Å². The van der Waals surface area contributed by atoms with Gasteiger partial charge in [-0.3, -0.25) is 4.79 Å². The Balaban J connectivity index is 1.85. The molecule has 0 saturated heterocycles. The van der Waals surface area contributed by atoms with E-state index in [1.165, 1.54) is 0 Å². The van der Waals surface area contributed by atoms with Gasteiger partial charge in [-0.05, 0) is 91.4 Å². The van der Waals surface area contributed by atoms with Crippen molar-refractivity contribution < 1.29 is 33.3 Å². The number of ether oxygens (including phenoxy) is 5. The van der Waals surface area contributed by atoms with Crippen molar-refractivity contribution in [1.29, 1.82) is 0 Å². The van der Waals surface area contributed by atoms with Gasteiger partial charge in [-0.1, -0.05) is 6.07 Å². The highest BCUT2D eigenvalue weighted by molar-refractivity contribution is 9.10. The normalized spacial score (nSPS) is 18.8. The number of carbonyl (C=O) groups excluding carboxylic acids is 2. The second-order valence-corrected chi connectivity index (χ2v) is 10.9. The molecule has 1 aliphatic heterocycles. The largest absolute Gasteiger partial charge is 0.493 e. The number of allylic oxidation sites excluding steroid dienone is 3. The number of Topliss-reactive ketones (excluding diaryl/α,β-unsaturated/α-hetero) is 1. The van der Waals surface area contributed by atoms with Gasteiger partial charge >= 0.3 is 5.97 Å². The Morgan fingerprint density at radius 1 is 1.00 bits per heavy atom. The van der Waals surface area contributed by atoms with E-state index in [0.29, 0.717) is 57.3 Å². The summed E-state index contributed by atoms with van der Waals surface area (Å²) in [6.07, 6.45) is 0.558. The van der Waals surface area contributed by atoms with Crippen LogP contribution in [0.4, 0.5) is 0 Å². The summed E-state index contributed by atoms with van der Waals surface area (Å²) >= 11 is 3.60. The van der Waals surface area contributed by atoms with Crippen LogP contribution in [0.2, 0.25) is 0 Å². The quantitative estimate of drug-likeness (QED) is 0.335. The fourth-order valence-electron chi connectivity index (χ4n) is 5.48. The molecule has 4 rings (SSSR count). The Hall–Kier alpha value is -3.46. The van der Waals surface area contributed by atoms with E-state index in [4.69, 9.17) is 23.7 Å². The van der Waals surface area contributed by atoms with E-state index in [-0.39, 0.29) is 24.2 Å². The lowest BCUT2D eigenvalue weighted by Gasteiger charge is -2.37. The molecule has 0 unspecified atom stereocenters. The van der Waals surface area contributed by atoms with Crippen molar-refractivity contribution in [2.45, 2.75) is 58.5 Å². The minimum Gasteiger partial charge on any atom is -0.493 e. The van der Waals surface area contributed by atoms with Crippen LogP contribution in [0.15, 0.2) is 57.3 Å². The first-order valence-corrected chi connectivity index (χ1v) is 14.1. The molecule has 8 nitrogen and oxygen atoms in total. The van der Waals surface area contributed by atoms with Crippen molar-refractivity contribution in [3.63, 3.8) is 0 Å². The van der Waals surface area contributed by atoms with Gasteiger partial charge in [-0.15, -0.1) is 0 Å². The van der Waals surface area contributed by atoms with Crippen LogP contribution in [-0.2, 0) is 14.3 Å². The van der Waals surface area contributed by atoms with Gasteiger partial charge in [0.25, 0.3) is 0 Å². The van der Waals surface area contributed by atoms with Gasteiger partial charge in [0, 0.05) is 29.3 Å². The molecule has 2 aliphatic rings. The monoisotopic (exact) mass is 613 g/mol. The fourth-order valence-corrected chi connectivity index (χ4v) is 6.10. The summed E-state index contributed by atoms with van der Waals surface area (Å²) in [7, 11) is 4.76. The number of dihydropyridines is 1. The summed E-state index contributed by atoms with van der Waals surface area (Å²) in [6.45, 7) is 7.77. The van der Waals surface area contributed by atoms with E-state index >= 15 is 0 Å². The van der Waals surface area contributed by atoms with E-state index in [9.17, 15) is 9.59 Å². The second-order valence-electron chi connectivity index (χ2n) is 10.1. The minimum atomic E-state index is -0.636. The molecule has 9 heteroatoms. The molecular weight excluding hydrogens is 578 g/mol. The highest BCUT2D eigenvalue weighted by Gasteiger charge is 2.42. The summed E-state index contributed by atoms with van der Waals surface area (Å²) in [5.41, 5.74) is 4.14. The van der Waals surface area contributed by atoms with Crippen LogP contribution >= 0.6 is 15.9 Å². The number of halogens is 1. The maximum Gasteiger partial charge on any atom is 0.337 e. The first-order valence-electron chi connectivity index (χ1n) is 13.3. The third-order valence-corrected chi connectivity index (χ3v) is 7.73. The molecule has 1 aliphatic carbocycles. The first kappa shape index (κ1) is 29.5. The molecule has 0 fully saturated rings. The van der Waals surface area contributed by atoms with Crippen LogP contribution in [-0.4, -0.2) is 45.8 Å². The average Bonchev–Trinajstić information content (AvgIpc) is 2.91. The molecule has 0 radical (unpaired) electrons. The summed E-state index contributed by atoms with van der Waals surface area (Å²) in [6, 6.07) is 9.47. The van der Waals surface area contributed by atoms with Crippen LogP contribution in [0.25, 0.3) is 0 Å². The molecule has 40 heavy (non-hydrogen) atoms. The topological polar surface area (TPSA) is 92.3 Å². The number of hydrogen-bond acceptors (Lipinski definition) is 8. The lowest BCUT2D eigenvalue weighted by Crippen LogP contribution is -2.36. The number of methoxy groups -OCH3 is 3. The highest BCUT2D eigenvalue weighted by Crippen LogP contribution is 2.49. The number of benzene rings is 2. The van der Waals surface area contributed by atoms with Gasteiger partial charge in [0.2, 0.25) is 0 Å². The molecule has 214 valence electrons. The van der Waals surface area contributed by atoms with Crippen LogP contribution < -0.4 is 24.3 Å². The Morgan fingerprint density at radius 3 is 2.33 bits per heavy atom. The highest BCUT2D eigenvalue weighted by atomic mass is 79.9. The van der Waals surface area contributed by atoms with Gasteiger partial charge in [0.05, 0.1) is 44.1 Å². The predicted molar refractivity (Wildman–Crippen MR) is 155 cm³/mol. The number of rotatable bonds is 9. The third kappa shape index (κ3) is 5.70. The van der Waals surface area contributed by atoms with Gasteiger partial charge in [-0.25, -0.2) is 4.79 Å². The molecule has 0 amide bonds. The Morgan fingerprint density at radius 2 is 1.70 bits per heavy atom. The summed E-state index contributed by atoms with van der Waals surface area (Å²) in [4.78, 5) is 27.5. The zero-order valence-electron chi connectivity index (χ0n) is 24.0. The average molecular weight is 615 g/mol. The minimum absolute atomic E-state index is 0.0363. The van der Waals surface area contributed by atoms with E-state index in [1.807, 2.05) is 44.2 Å². The zero-order chi connectivity index (χ0) is 29.1. The molecule has 0 bridgehead atoms. The molecule has 0 spiro atoms. The number of carbonyl (C=O) groups is 2. The summed E-state index contributed by atoms with van der Waals surface area (Å²) in [5.74, 6) is 1.11. The fraction of sp³-hybridized carbons (Fsp3) is 0.419. The van der Waals surface area contributed by atoms with E-state index < -0.39 is 11.9 Å². The maximum atomic E-state index is 14.0. The number of nitrogens with one attached hydrogen (secondary N) is 1. The van der Waals surface area contributed by atoms with Crippen LogP contribution in [0.5, 0.6) is 23.0 Å². The van der Waals surface area contributed by atoms with Gasteiger partial charge < -0.3 is 29.0 Å². The summed E-state index contributed by atoms with van der Waals surface area (Å²) in [5, 5.41) is 3.39.